The Hall–Kier alpha value is -1.00. The van der Waals surface area contributed by atoms with Crippen LogP contribution in [0.1, 0.15) is 58.8 Å². The highest BCUT2D eigenvalue weighted by Crippen LogP contribution is 2.65. The van der Waals surface area contributed by atoms with E-state index in [0.717, 1.165) is 32.1 Å². The SMILES string of the molecule is C[C@]12CC(=O)[C@H]3[C@@H](CCC4=CC(=O)CC[C@@]43C)[C@@H]1CC[C@@H]2C(O)CO. The van der Waals surface area contributed by atoms with Crippen LogP contribution < -0.4 is 0 Å². The van der Waals surface area contributed by atoms with Gasteiger partial charge >= 0.3 is 0 Å². The Morgan fingerprint density at radius 3 is 2.68 bits per heavy atom. The summed E-state index contributed by atoms with van der Waals surface area (Å²) in [4.78, 5) is 25.2. The summed E-state index contributed by atoms with van der Waals surface area (Å²) in [6.07, 6.45) is 6.83. The van der Waals surface area contributed by atoms with E-state index in [1.165, 1.54) is 5.57 Å². The average Bonchev–Trinajstić information content (AvgIpc) is 2.91. The van der Waals surface area contributed by atoms with E-state index < -0.39 is 6.10 Å². The van der Waals surface area contributed by atoms with Crippen molar-refractivity contribution in [2.45, 2.75) is 64.9 Å². The second-order valence-corrected chi connectivity index (χ2v) is 9.42. The van der Waals surface area contributed by atoms with E-state index in [1.807, 2.05) is 6.08 Å². The number of aliphatic hydroxyl groups is 2. The lowest BCUT2D eigenvalue weighted by molar-refractivity contribution is -0.149. The highest BCUT2D eigenvalue weighted by molar-refractivity contribution is 5.93. The van der Waals surface area contributed by atoms with Crippen LogP contribution >= 0.6 is 0 Å². The molecule has 0 radical (unpaired) electrons. The number of aliphatic hydroxyl groups excluding tert-OH is 2. The molecule has 0 spiro atoms. The first-order valence-corrected chi connectivity index (χ1v) is 9.87. The summed E-state index contributed by atoms with van der Waals surface area (Å²) < 4.78 is 0. The normalized spacial score (nSPS) is 47.6. The highest BCUT2D eigenvalue weighted by Gasteiger charge is 2.62. The van der Waals surface area contributed by atoms with E-state index in [0.29, 0.717) is 30.5 Å². The molecule has 0 heterocycles. The van der Waals surface area contributed by atoms with Gasteiger partial charge in [-0.25, -0.2) is 0 Å². The van der Waals surface area contributed by atoms with E-state index in [1.54, 1.807) is 0 Å². The van der Waals surface area contributed by atoms with Crippen LogP contribution in [0.4, 0.5) is 0 Å². The Morgan fingerprint density at radius 2 is 1.96 bits per heavy atom. The summed E-state index contributed by atoms with van der Waals surface area (Å²) in [5.41, 5.74) is 0.859. The summed E-state index contributed by atoms with van der Waals surface area (Å²) in [7, 11) is 0. The third kappa shape index (κ3) is 2.33. The average molecular weight is 346 g/mol. The Morgan fingerprint density at radius 1 is 1.20 bits per heavy atom. The Labute approximate surface area is 149 Å². The Balaban J connectivity index is 1.70. The molecule has 0 aromatic carbocycles. The van der Waals surface area contributed by atoms with Crippen molar-refractivity contribution in [1.29, 1.82) is 0 Å². The molecular formula is C21H30O4. The molecule has 138 valence electrons. The van der Waals surface area contributed by atoms with Gasteiger partial charge in [0.2, 0.25) is 0 Å². The molecule has 4 heteroatoms. The number of rotatable bonds is 2. The van der Waals surface area contributed by atoms with Gasteiger partial charge in [0, 0.05) is 18.8 Å². The zero-order valence-corrected chi connectivity index (χ0v) is 15.3. The van der Waals surface area contributed by atoms with Gasteiger partial charge in [-0.1, -0.05) is 19.4 Å². The zero-order valence-electron chi connectivity index (χ0n) is 15.3. The Kier molecular flexibility index (Phi) is 4.01. The first-order chi connectivity index (χ1) is 11.8. The highest BCUT2D eigenvalue weighted by atomic mass is 16.3. The number of allylic oxidation sites excluding steroid dienone is 1. The molecule has 2 N–H and O–H groups in total. The lowest BCUT2D eigenvalue weighted by atomic mass is 9.46. The van der Waals surface area contributed by atoms with Gasteiger partial charge in [-0.2, -0.15) is 0 Å². The maximum Gasteiger partial charge on any atom is 0.155 e. The van der Waals surface area contributed by atoms with Gasteiger partial charge < -0.3 is 10.2 Å². The van der Waals surface area contributed by atoms with Crippen LogP contribution in [0.25, 0.3) is 0 Å². The second kappa shape index (κ2) is 5.75. The van der Waals surface area contributed by atoms with E-state index >= 15 is 0 Å². The quantitative estimate of drug-likeness (QED) is 0.806. The molecule has 4 aliphatic rings. The van der Waals surface area contributed by atoms with Gasteiger partial charge in [0.15, 0.2) is 5.78 Å². The van der Waals surface area contributed by atoms with Crippen molar-refractivity contribution in [2.24, 2.45) is 34.5 Å². The van der Waals surface area contributed by atoms with E-state index in [-0.39, 0.29) is 35.1 Å². The van der Waals surface area contributed by atoms with Crippen LogP contribution in [-0.2, 0) is 9.59 Å². The lowest BCUT2D eigenvalue weighted by Crippen LogP contribution is -2.55. The molecule has 0 aliphatic heterocycles. The molecule has 4 aliphatic carbocycles. The van der Waals surface area contributed by atoms with Crippen LogP contribution in [0.2, 0.25) is 0 Å². The standard InChI is InChI=1S/C21H30O4/c1-20-8-7-13(23)9-12(20)3-4-14-15-5-6-16(18(25)11-22)21(15,2)10-17(24)19(14)20/h9,14-16,18-19,22,25H,3-8,10-11H2,1-2H3/t14-,15-,16+,18?,19+,20-,21-/m0/s1. The van der Waals surface area contributed by atoms with Gasteiger partial charge in [-0.3, -0.25) is 9.59 Å². The molecule has 3 fully saturated rings. The van der Waals surface area contributed by atoms with Gasteiger partial charge in [-0.15, -0.1) is 0 Å². The third-order valence-electron chi connectivity index (χ3n) is 8.37. The smallest absolute Gasteiger partial charge is 0.155 e. The first kappa shape index (κ1) is 17.4. The molecule has 1 unspecified atom stereocenters. The van der Waals surface area contributed by atoms with Crippen LogP contribution in [0.5, 0.6) is 0 Å². The number of hydrogen-bond acceptors (Lipinski definition) is 4. The lowest BCUT2D eigenvalue weighted by Gasteiger charge is -2.57. The van der Waals surface area contributed by atoms with Crippen LogP contribution in [-0.4, -0.2) is 34.5 Å². The maximum atomic E-state index is 13.3. The van der Waals surface area contributed by atoms with Crippen molar-refractivity contribution in [3.63, 3.8) is 0 Å². The molecule has 0 amide bonds. The molecular weight excluding hydrogens is 316 g/mol. The Bertz CT molecular complexity index is 638. The van der Waals surface area contributed by atoms with E-state index in [2.05, 4.69) is 13.8 Å². The largest absolute Gasteiger partial charge is 0.394 e. The second-order valence-electron chi connectivity index (χ2n) is 9.42. The summed E-state index contributed by atoms with van der Waals surface area (Å²) >= 11 is 0. The maximum absolute atomic E-state index is 13.3. The summed E-state index contributed by atoms with van der Waals surface area (Å²) in [6, 6.07) is 0. The molecule has 0 bridgehead atoms. The molecule has 0 aromatic rings. The molecule has 3 saturated carbocycles. The van der Waals surface area contributed by atoms with Crippen molar-refractivity contribution in [3.8, 4) is 0 Å². The molecule has 0 aromatic heterocycles. The van der Waals surface area contributed by atoms with Gasteiger partial charge in [0.05, 0.1) is 12.7 Å². The summed E-state index contributed by atoms with van der Waals surface area (Å²) in [6.45, 7) is 4.15. The summed E-state index contributed by atoms with van der Waals surface area (Å²) in [5.74, 6) is 1.39. The number of carbonyl (C=O) groups excluding carboxylic acids is 2. The molecule has 25 heavy (non-hydrogen) atoms. The van der Waals surface area contributed by atoms with Crippen LogP contribution in [0.3, 0.4) is 0 Å². The zero-order chi connectivity index (χ0) is 18.0. The molecule has 4 nitrogen and oxygen atoms in total. The van der Waals surface area contributed by atoms with Gasteiger partial charge in [0.1, 0.15) is 5.78 Å². The molecule has 0 saturated heterocycles. The van der Waals surface area contributed by atoms with Crippen molar-refractivity contribution in [1.82, 2.24) is 0 Å². The predicted octanol–water partition coefficient (Wildman–Crippen LogP) is 2.67. The first-order valence-electron chi connectivity index (χ1n) is 9.87. The van der Waals surface area contributed by atoms with Crippen LogP contribution in [0, 0.1) is 34.5 Å². The van der Waals surface area contributed by atoms with Gasteiger partial charge in [-0.05, 0) is 66.8 Å². The van der Waals surface area contributed by atoms with E-state index in [9.17, 15) is 19.8 Å². The monoisotopic (exact) mass is 346 g/mol. The predicted molar refractivity (Wildman–Crippen MR) is 93.7 cm³/mol. The number of hydrogen-bond donors (Lipinski definition) is 2. The minimum Gasteiger partial charge on any atom is -0.394 e. The van der Waals surface area contributed by atoms with Crippen molar-refractivity contribution >= 4 is 11.6 Å². The molecule has 4 rings (SSSR count). The summed E-state index contributed by atoms with van der Waals surface area (Å²) in [5, 5.41) is 19.7. The third-order valence-corrected chi connectivity index (χ3v) is 8.37. The number of ketones is 2. The molecule has 7 atom stereocenters. The number of fused-ring (bicyclic) bond motifs is 5. The van der Waals surface area contributed by atoms with E-state index in [4.69, 9.17) is 0 Å². The van der Waals surface area contributed by atoms with Crippen LogP contribution in [0.15, 0.2) is 11.6 Å². The van der Waals surface area contributed by atoms with Crippen molar-refractivity contribution in [3.05, 3.63) is 11.6 Å². The van der Waals surface area contributed by atoms with Gasteiger partial charge in [0.25, 0.3) is 0 Å². The topological polar surface area (TPSA) is 74.6 Å². The fourth-order valence-electron chi connectivity index (χ4n) is 7.18. The minimum atomic E-state index is -0.721. The van der Waals surface area contributed by atoms with Crippen molar-refractivity contribution in [2.75, 3.05) is 6.61 Å². The fraction of sp³-hybridized carbons (Fsp3) is 0.810. The van der Waals surface area contributed by atoms with Crippen molar-refractivity contribution < 1.29 is 19.8 Å². The number of carbonyl (C=O) groups is 2. The number of Topliss-reactive ketones (excluding diaryl/α,β-unsaturated/α-hetero) is 1. The minimum absolute atomic E-state index is 0.0186. The fourth-order valence-corrected chi connectivity index (χ4v) is 7.18.